The minimum absolute atomic E-state index is 0.0327. The van der Waals surface area contributed by atoms with Gasteiger partial charge in [0, 0.05) is 34.0 Å². The second-order valence-corrected chi connectivity index (χ2v) is 20.2. The third-order valence-electron chi connectivity index (χ3n) is 10.7. The molecule has 0 aliphatic heterocycles. The summed E-state index contributed by atoms with van der Waals surface area (Å²) in [5.74, 6) is 1.00. The van der Waals surface area contributed by atoms with E-state index in [2.05, 4.69) is 135 Å². The summed E-state index contributed by atoms with van der Waals surface area (Å²) in [5.41, 5.74) is 3.10. The van der Waals surface area contributed by atoms with Crippen molar-refractivity contribution in [2.24, 2.45) is 10.9 Å². The fourth-order valence-electron chi connectivity index (χ4n) is 7.21. The number of benzene rings is 3. The number of hydrogen-bond donors (Lipinski definition) is 2. The molecule has 316 valence electrons. The number of hydrogen-bond acceptors (Lipinski definition) is 7. The van der Waals surface area contributed by atoms with Gasteiger partial charge in [-0.1, -0.05) is 124 Å². The highest BCUT2D eigenvalue weighted by Gasteiger charge is 2.46. The lowest BCUT2D eigenvalue weighted by atomic mass is 9.69. The van der Waals surface area contributed by atoms with Crippen molar-refractivity contribution in [2.45, 2.75) is 170 Å². The molecule has 0 heterocycles. The number of methoxy groups -OCH3 is 1. The van der Waals surface area contributed by atoms with Crippen LogP contribution in [-0.2, 0) is 32.0 Å². The van der Waals surface area contributed by atoms with Gasteiger partial charge in [-0.3, -0.25) is 4.99 Å². The normalized spacial score (nSPS) is 13.7. The molecule has 3 rings (SSSR count). The van der Waals surface area contributed by atoms with Crippen LogP contribution in [0.3, 0.4) is 0 Å². The second-order valence-electron chi connectivity index (χ2n) is 20.2. The Kier molecular flexibility index (Phi) is 15.3. The molecule has 3 aromatic carbocycles. The van der Waals surface area contributed by atoms with Crippen LogP contribution in [0.2, 0.25) is 0 Å². The zero-order chi connectivity index (χ0) is 43.3. The fraction of sp³-hybridized carbons (Fsp3) is 0.600. The van der Waals surface area contributed by atoms with Gasteiger partial charge >= 0.3 is 5.97 Å². The molecule has 1 atom stereocenters. The Bertz CT molecular complexity index is 1700. The molecule has 0 amide bonds. The third-order valence-corrected chi connectivity index (χ3v) is 10.7. The lowest BCUT2D eigenvalue weighted by Gasteiger charge is -2.41. The van der Waals surface area contributed by atoms with Crippen molar-refractivity contribution < 1.29 is 29.2 Å². The molecule has 2 N–H and O–H groups in total. The quantitative estimate of drug-likeness (QED) is 0.0904. The maximum Gasteiger partial charge on any atom is 0.337 e. The predicted molar refractivity (Wildman–Crippen MR) is 237 cm³/mol. The number of aliphatic hydroxyl groups is 1. The summed E-state index contributed by atoms with van der Waals surface area (Å²) in [6.45, 7) is 36.0. The summed E-state index contributed by atoms with van der Waals surface area (Å²) in [6, 6.07) is 12.3. The molecule has 0 bridgehead atoms. The Morgan fingerprint density at radius 3 is 1.39 bits per heavy atom. The maximum atomic E-state index is 14.2. The number of carbonyl (C=O) groups is 1. The molecule has 0 aliphatic carbocycles. The first-order valence-corrected chi connectivity index (χ1v) is 21.0. The molecule has 0 fully saturated rings. The fourth-order valence-corrected chi connectivity index (χ4v) is 7.21. The van der Waals surface area contributed by atoms with Crippen LogP contribution < -0.4 is 9.47 Å². The standard InChI is InChI=1S/C50H75NO6/c1-18-20-24-56-42-37(46(5,6)7)27-35(28-38(42)47(8,9)10)50(54,44(32(3)4)51-31-34-26-33(45(53)55-17)22-23-41(34)52)36-29-39(48(11,12)13)43(57-25-21-19-2)40(30-36)49(14,15)16/h22-23,26-32,44,52,54H,18-21,24-25H2,1-17H3. The molecule has 0 aliphatic rings. The predicted octanol–water partition coefficient (Wildman–Crippen LogP) is 12.1. The monoisotopic (exact) mass is 786 g/mol. The molecule has 0 spiro atoms. The van der Waals surface area contributed by atoms with E-state index in [1.165, 1.54) is 19.2 Å². The van der Waals surface area contributed by atoms with E-state index in [4.69, 9.17) is 19.2 Å². The number of unbranched alkanes of at least 4 members (excludes halogenated alkanes) is 2. The van der Waals surface area contributed by atoms with Crippen LogP contribution in [0.15, 0.2) is 47.5 Å². The summed E-state index contributed by atoms with van der Waals surface area (Å²) < 4.78 is 18.4. The van der Waals surface area contributed by atoms with Crippen molar-refractivity contribution in [3.05, 3.63) is 87.0 Å². The zero-order valence-electron chi connectivity index (χ0n) is 38.5. The topological polar surface area (TPSA) is 97.6 Å². The average molecular weight is 786 g/mol. The van der Waals surface area contributed by atoms with Crippen molar-refractivity contribution >= 4 is 12.2 Å². The molecule has 57 heavy (non-hydrogen) atoms. The molecule has 7 nitrogen and oxygen atoms in total. The van der Waals surface area contributed by atoms with Gasteiger partial charge in [0.15, 0.2) is 0 Å². The number of ether oxygens (including phenoxy) is 3. The first-order valence-electron chi connectivity index (χ1n) is 21.0. The highest BCUT2D eigenvalue weighted by molar-refractivity contribution is 5.93. The average Bonchev–Trinajstić information content (AvgIpc) is 3.10. The molecule has 7 heteroatoms. The summed E-state index contributed by atoms with van der Waals surface area (Å²) in [4.78, 5) is 17.7. The van der Waals surface area contributed by atoms with E-state index >= 15 is 0 Å². The second kappa shape index (κ2) is 18.4. The largest absolute Gasteiger partial charge is 0.507 e. The van der Waals surface area contributed by atoms with Crippen LogP contribution in [0, 0.1) is 5.92 Å². The zero-order valence-corrected chi connectivity index (χ0v) is 38.5. The first-order chi connectivity index (χ1) is 26.2. The van der Waals surface area contributed by atoms with Gasteiger partial charge in [-0.25, -0.2) is 4.79 Å². The number of esters is 1. The molecule has 0 aromatic heterocycles. The molecule has 0 saturated heterocycles. The number of aromatic hydroxyl groups is 1. The van der Waals surface area contributed by atoms with Gasteiger partial charge in [-0.05, 0) is 94.0 Å². The highest BCUT2D eigenvalue weighted by Crippen LogP contribution is 2.49. The molecular weight excluding hydrogens is 711 g/mol. The minimum Gasteiger partial charge on any atom is -0.507 e. The summed E-state index contributed by atoms with van der Waals surface area (Å²) in [5, 5.41) is 25.1. The van der Waals surface area contributed by atoms with Crippen LogP contribution in [-0.4, -0.2) is 48.8 Å². The Balaban J connectivity index is 2.66. The lowest BCUT2D eigenvalue weighted by molar-refractivity contribution is 0.0359. The van der Waals surface area contributed by atoms with E-state index in [-0.39, 0.29) is 33.3 Å². The number of nitrogens with zero attached hydrogens (tertiary/aromatic N) is 1. The van der Waals surface area contributed by atoms with Crippen molar-refractivity contribution in [1.82, 2.24) is 0 Å². The number of aliphatic imine (C=N–C) groups is 1. The van der Waals surface area contributed by atoms with E-state index in [0.29, 0.717) is 35.5 Å². The number of rotatable bonds is 15. The Labute approximate surface area is 345 Å². The van der Waals surface area contributed by atoms with E-state index in [1.54, 1.807) is 12.3 Å². The van der Waals surface area contributed by atoms with Gasteiger partial charge in [0.1, 0.15) is 22.8 Å². The van der Waals surface area contributed by atoms with Crippen LogP contribution in [0.4, 0.5) is 0 Å². The number of carbonyl (C=O) groups excluding carboxylic acids is 1. The van der Waals surface area contributed by atoms with Gasteiger partial charge < -0.3 is 24.4 Å². The van der Waals surface area contributed by atoms with Crippen LogP contribution >= 0.6 is 0 Å². The van der Waals surface area contributed by atoms with Crippen molar-refractivity contribution in [3.63, 3.8) is 0 Å². The van der Waals surface area contributed by atoms with Crippen molar-refractivity contribution in [2.75, 3.05) is 20.3 Å². The first kappa shape index (κ1) is 47.5. The summed E-state index contributed by atoms with van der Waals surface area (Å²) in [7, 11) is 1.33. The van der Waals surface area contributed by atoms with E-state index in [9.17, 15) is 15.0 Å². The highest BCUT2D eigenvalue weighted by atomic mass is 16.5. The van der Waals surface area contributed by atoms with Gasteiger partial charge in [-0.2, -0.15) is 0 Å². The smallest absolute Gasteiger partial charge is 0.337 e. The van der Waals surface area contributed by atoms with E-state index in [0.717, 1.165) is 59.4 Å². The Hall–Kier alpha value is -3.84. The number of phenols is 1. The van der Waals surface area contributed by atoms with E-state index in [1.807, 2.05) is 0 Å². The van der Waals surface area contributed by atoms with Crippen LogP contribution in [0.5, 0.6) is 17.2 Å². The minimum atomic E-state index is -1.69. The van der Waals surface area contributed by atoms with E-state index < -0.39 is 17.6 Å². The van der Waals surface area contributed by atoms with Crippen molar-refractivity contribution in [3.8, 4) is 17.2 Å². The molecule has 3 aromatic rings. The lowest BCUT2D eigenvalue weighted by Crippen LogP contribution is -2.44. The maximum absolute atomic E-state index is 14.2. The summed E-state index contributed by atoms with van der Waals surface area (Å²) in [6.07, 6.45) is 5.48. The van der Waals surface area contributed by atoms with Crippen LogP contribution in [0.1, 0.15) is 186 Å². The van der Waals surface area contributed by atoms with Gasteiger partial charge in [0.25, 0.3) is 0 Å². The van der Waals surface area contributed by atoms with Gasteiger partial charge in [0.05, 0.1) is 31.9 Å². The Morgan fingerprint density at radius 2 is 1.07 bits per heavy atom. The molecule has 0 radical (unpaired) electrons. The molecule has 0 saturated carbocycles. The van der Waals surface area contributed by atoms with Crippen molar-refractivity contribution in [1.29, 1.82) is 0 Å². The molecular formula is C50H75NO6. The van der Waals surface area contributed by atoms with Crippen LogP contribution in [0.25, 0.3) is 0 Å². The third kappa shape index (κ3) is 11.2. The van der Waals surface area contributed by atoms with Gasteiger partial charge in [0.2, 0.25) is 0 Å². The Morgan fingerprint density at radius 1 is 0.684 bits per heavy atom. The number of phenolic OH excluding ortho intramolecular Hbond substituents is 1. The molecule has 1 unspecified atom stereocenters. The SMILES string of the molecule is CCCCOc1c(C(C)(C)C)cc(C(O)(c2cc(C(C)(C)C)c(OCCCC)c(C(C)(C)C)c2)C(N=Cc2cc(C(=O)OC)ccc2O)C(C)C)cc1C(C)(C)C. The van der Waals surface area contributed by atoms with Gasteiger partial charge in [-0.15, -0.1) is 0 Å². The summed E-state index contributed by atoms with van der Waals surface area (Å²) >= 11 is 0.